The van der Waals surface area contributed by atoms with Gasteiger partial charge < -0.3 is 9.30 Å². The van der Waals surface area contributed by atoms with Crippen LogP contribution in [0.25, 0.3) is 0 Å². The summed E-state index contributed by atoms with van der Waals surface area (Å²) in [5.74, 6) is 1.17. The number of nitrogens with zero attached hydrogens (tertiary/aromatic N) is 4. The average molecular weight is 286 g/mol. The first-order chi connectivity index (χ1) is 10.3. The lowest BCUT2D eigenvalue weighted by atomic mass is 10.2. The molecule has 0 saturated carbocycles. The molecule has 2 aromatic rings. The Morgan fingerprint density at radius 1 is 1.33 bits per heavy atom. The first-order valence-electron chi connectivity index (χ1n) is 7.47. The fourth-order valence-corrected chi connectivity index (χ4v) is 2.72. The van der Waals surface area contributed by atoms with Gasteiger partial charge in [0.05, 0.1) is 19.3 Å². The molecule has 3 heterocycles. The molecule has 0 amide bonds. The minimum atomic E-state index is 0.392. The van der Waals surface area contributed by atoms with Crippen LogP contribution in [0.2, 0.25) is 0 Å². The maximum absolute atomic E-state index is 5.74. The predicted molar refractivity (Wildman–Crippen MR) is 80.9 cm³/mol. The van der Waals surface area contributed by atoms with E-state index in [2.05, 4.69) is 33.4 Å². The maximum Gasteiger partial charge on any atom is 0.126 e. The first-order valence-corrected chi connectivity index (χ1v) is 7.47. The Bertz CT molecular complexity index is 581. The van der Waals surface area contributed by atoms with Crippen LogP contribution in [0.15, 0.2) is 30.7 Å². The van der Waals surface area contributed by atoms with Gasteiger partial charge in [-0.05, 0) is 25.6 Å². The Labute approximate surface area is 125 Å². The lowest BCUT2D eigenvalue weighted by Gasteiger charge is -2.31. The molecule has 5 nitrogen and oxygen atoms in total. The van der Waals surface area contributed by atoms with Gasteiger partial charge in [-0.3, -0.25) is 9.88 Å². The molecule has 21 heavy (non-hydrogen) atoms. The summed E-state index contributed by atoms with van der Waals surface area (Å²) in [5, 5.41) is 0. The molecule has 0 radical (unpaired) electrons. The van der Waals surface area contributed by atoms with Crippen molar-refractivity contribution in [1.82, 2.24) is 19.4 Å². The molecule has 1 unspecified atom stereocenters. The van der Waals surface area contributed by atoms with Crippen molar-refractivity contribution >= 4 is 0 Å². The normalized spacial score (nSPS) is 18.7. The zero-order chi connectivity index (χ0) is 14.7. The fraction of sp³-hybridized carbons (Fsp3) is 0.500. The molecule has 112 valence electrons. The number of ether oxygens (including phenoxy) is 1. The third-order valence-electron chi connectivity index (χ3n) is 4.17. The lowest BCUT2D eigenvalue weighted by molar-refractivity contribution is 0.121. The SMILES string of the molecule is CC1c2ncc(CCOCc3cccnc3)n2CCN1C. The Kier molecular flexibility index (Phi) is 4.31. The van der Waals surface area contributed by atoms with Crippen molar-refractivity contribution in [1.29, 1.82) is 0 Å². The van der Waals surface area contributed by atoms with E-state index < -0.39 is 0 Å². The van der Waals surface area contributed by atoms with Crippen molar-refractivity contribution in [3.05, 3.63) is 47.8 Å². The van der Waals surface area contributed by atoms with E-state index in [-0.39, 0.29) is 0 Å². The molecule has 5 heteroatoms. The fourth-order valence-electron chi connectivity index (χ4n) is 2.72. The van der Waals surface area contributed by atoms with E-state index >= 15 is 0 Å². The largest absolute Gasteiger partial charge is 0.376 e. The number of aromatic nitrogens is 3. The van der Waals surface area contributed by atoms with Gasteiger partial charge in [0.1, 0.15) is 5.82 Å². The minimum Gasteiger partial charge on any atom is -0.376 e. The van der Waals surface area contributed by atoms with Crippen LogP contribution in [0.1, 0.15) is 30.0 Å². The Balaban J connectivity index is 1.54. The summed E-state index contributed by atoms with van der Waals surface area (Å²) in [6, 6.07) is 4.36. The number of rotatable bonds is 5. The second-order valence-electron chi connectivity index (χ2n) is 5.58. The number of pyridine rings is 1. The molecule has 1 atom stereocenters. The zero-order valence-electron chi connectivity index (χ0n) is 12.7. The van der Waals surface area contributed by atoms with Crippen LogP contribution in [0.3, 0.4) is 0 Å². The van der Waals surface area contributed by atoms with Gasteiger partial charge in [0, 0.05) is 43.8 Å². The third kappa shape index (κ3) is 3.14. The standard InChI is InChI=1S/C16H22N4O/c1-13-16-18-11-15(20(16)8-7-19(13)2)5-9-21-12-14-4-3-6-17-10-14/h3-4,6,10-11,13H,5,7-9,12H2,1-2H3. The molecule has 2 aromatic heterocycles. The number of fused-ring (bicyclic) bond motifs is 1. The van der Waals surface area contributed by atoms with Gasteiger partial charge in [-0.25, -0.2) is 4.98 Å². The summed E-state index contributed by atoms with van der Waals surface area (Å²) in [5.41, 5.74) is 2.39. The average Bonchev–Trinajstić information content (AvgIpc) is 2.92. The Morgan fingerprint density at radius 3 is 3.05 bits per heavy atom. The quantitative estimate of drug-likeness (QED) is 0.789. The molecule has 0 fully saturated rings. The van der Waals surface area contributed by atoms with Crippen molar-refractivity contribution in [2.45, 2.75) is 32.5 Å². The van der Waals surface area contributed by atoms with Crippen LogP contribution in [0, 0.1) is 0 Å². The van der Waals surface area contributed by atoms with Crippen LogP contribution in [0.5, 0.6) is 0 Å². The van der Waals surface area contributed by atoms with Gasteiger partial charge in [-0.2, -0.15) is 0 Å². The van der Waals surface area contributed by atoms with E-state index in [4.69, 9.17) is 4.74 Å². The molecule has 0 N–H and O–H groups in total. The van der Waals surface area contributed by atoms with E-state index in [9.17, 15) is 0 Å². The highest BCUT2D eigenvalue weighted by Gasteiger charge is 2.23. The molecule has 0 aromatic carbocycles. The summed E-state index contributed by atoms with van der Waals surface area (Å²) in [6.45, 7) is 5.64. The molecule has 1 aliphatic rings. The summed E-state index contributed by atoms with van der Waals surface area (Å²) < 4.78 is 8.09. The van der Waals surface area contributed by atoms with Crippen LogP contribution in [-0.4, -0.2) is 39.6 Å². The van der Waals surface area contributed by atoms with Crippen LogP contribution < -0.4 is 0 Å². The smallest absolute Gasteiger partial charge is 0.126 e. The second-order valence-corrected chi connectivity index (χ2v) is 5.58. The van der Waals surface area contributed by atoms with Crippen molar-refractivity contribution < 1.29 is 4.74 Å². The van der Waals surface area contributed by atoms with Crippen LogP contribution in [-0.2, 0) is 24.3 Å². The van der Waals surface area contributed by atoms with Crippen LogP contribution in [0.4, 0.5) is 0 Å². The summed E-state index contributed by atoms with van der Waals surface area (Å²) >= 11 is 0. The molecule has 3 rings (SSSR count). The Hall–Kier alpha value is -1.72. The maximum atomic E-state index is 5.74. The molecular weight excluding hydrogens is 264 g/mol. The van der Waals surface area contributed by atoms with E-state index in [0.717, 1.165) is 25.1 Å². The molecular formula is C16H22N4O. The van der Waals surface area contributed by atoms with E-state index in [1.165, 1.54) is 11.5 Å². The highest BCUT2D eigenvalue weighted by atomic mass is 16.5. The molecule has 0 aliphatic carbocycles. The van der Waals surface area contributed by atoms with Gasteiger partial charge in [0.15, 0.2) is 0 Å². The molecule has 0 spiro atoms. The zero-order valence-corrected chi connectivity index (χ0v) is 12.7. The van der Waals surface area contributed by atoms with Crippen molar-refractivity contribution in [3.63, 3.8) is 0 Å². The number of likely N-dealkylation sites (N-methyl/N-ethyl adjacent to an activating group) is 1. The van der Waals surface area contributed by atoms with Crippen molar-refractivity contribution in [2.24, 2.45) is 0 Å². The number of hydrogen-bond donors (Lipinski definition) is 0. The van der Waals surface area contributed by atoms with Gasteiger partial charge in [0.2, 0.25) is 0 Å². The van der Waals surface area contributed by atoms with E-state index in [0.29, 0.717) is 19.3 Å². The molecule has 0 saturated heterocycles. The van der Waals surface area contributed by atoms with Gasteiger partial charge in [-0.1, -0.05) is 6.07 Å². The van der Waals surface area contributed by atoms with Crippen molar-refractivity contribution in [2.75, 3.05) is 20.2 Å². The van der Waals surface area contributed by atoms with Gasteiger partial charge in [-0.15, -0.1) is 0 Å². The predicted octanol–water partition coefficient (Wildman–Crippen LogP) is 2.04. The molecule has 1 aliphatic heterocycles. The highest BCUT2D eigenvalue weighted by Crippen LogP contribution is 2.23. The second kappa shape index (κ2) is 6.37. The van der Waals surface area contributed by atoms with E-state index in [1.54, 1.807) is 6.20 Å². The van der Waals surface area contributed by atoms with Gasteiger partial charge in [0.25, 0.3) is 0 Å². The molecule has 0 bridgehead atoms. The highest BCUT2D eigenvalue weighted by molar-refractivity contribution is 5.11. The third-order valence-corrected chi connectivity index (χ3v) is 4.17. The van der Waals surface area contributed by atoms with Crippen LogP contribution >= 0.6 is 0 Å². The van der Waals surface area contributed by atoms with Crippen molar-refractivity contribution in [3.8, 4) is 0 Å². The minimum absolute atomic E-state index is 0.392. The Morgan fingerprint density at radius 2 is 2.24 bits per heavy atom. The summed E-state index contributed by atoms with van der Waals surface area (Å²) in [7, 11) is 2.15. The number of hydrogen-bond acceptors (Lipinski definition) is 4. The van der Waals surface area contributed by atoms with Gasteiger partial charge >= 0.3 is 0 Å². The first kappa shape index (κ1) is 14.2. The monoisotopic (exact) mass is 286 g/mol. The summed E-state index contributed by atoms with van der Waals surface area (Å²) in [6.07, 6.45) is 6.53. The topological polar surface area (TPSA) is 43.2 Å². The summed E-state index contributed by atoms with van der Waals surface area (Å²) in [4.78, 5) is 11.0. The van der Waals surface area contributed by atoms with E-state index in [1.807, 2.05) is 24.5 Å². The number of imidazole rings is 1. The lowest BCUT2D eigenvalue weighted by Crippen LogP contribution is -2.34.